The molecule has 5 nitrogen and oxygen atoms in total. The van der Waals surface area contributed by atoms with Crippen molar-refractivity contribution in [3.05, 3.63) is 69.2 Å². The summed E-state index contributed by atoms with van der Waals surface area (Å²) in [4.78, 5) is 27.6. The fourth-order valence-electron chi connectivity index (χ4n) is 4.38. The van der Waals surface area contributed by atoms with Crippen LogP contribution in [0.3, 0.4) is 0 Å². The fraction of sp³-hybridized carbons (Fsp3) is 0.304. The Hall–Kier alpha value is -2.60. The summed E-state index contributed by atoms with van der Waals surface area (Å²) in [5, 5.41) is 21.1. The van der Waals surface area contributed by atoms with Crippen LogP contribution in [0.5, 0.6) is 5.75 Å². The zero-order chi connectivity index (χ0) is 20.7. The standard InChI is InChI=1S/C23H22BrNO4/c1-13-11-15(9-10-18(13)24)21(27)19-20(14-5-4-8-17(26)12-14)25(23(29)22(19)28)16-6-2-3-7-16/h4-5,8-12,16,20,26-27H,2-3,6-7H2,1H3/b21-19-. The van der Waals surface area contributed by atoms with E-state index in [2.05, 4.69) is 15.9 Å². The maximum atomic E-state index is 13.0. The van der Waals surface area contributed by atoms with Crippen LogP contribution in [0.4, 0.5) is 0 Å². The van der Waals surface area contributed by atoms with E-state index in [0.29, 0.717) is 11.1 Å². The molecular weight excluding hydrogens is 434 g/mol. The zero-order valence-corrected chi connectivity index (χ0v) is 17.6. The van der Waals surface area contributed by atoms with Crippen molar-refractivity contribution in [1.29, 1.82) is 0 Å². The molecule has 1 amide bonds. The monoisotopic (exact) mass is 455 g/mol. The SMILES string of the molecule is Cc1cc(/C(O)=C2/C(=O)C(=O)N(C3CCCC3)C2c2cccc(O)c2)ccc1Br. The van der Waals surface area contributed by atoms with Crippen molar-refractivity contribution in [2.75, 3.05) is 0 Å². The number of aryl methyl sites for hydroxylation is 1. The molecule has 1 aliphatic carbocycles. The Balaban J connectivity index is 1.90. The number of amides is 1. The molecule has 1 saturated heterocycles. The number of carbonyl (C=O) groups is 2. The van der Waals surface area contributed by atoms with Crippen LogP contribution in [-0.4, -0.2) is 32.8 Å². The molecule has 1 atom stereocenters. The Morgan fingerprint density at radius 2 is 1.83 bits per heavy atom. The van der Waals surface area contributed by atoms with Crippen molar-refractivity contribution < 1.29 is 19.8 Å². The number of aromatic hydroxyl groups is 1. The summed E-state index contributed by atoms with van der Waals surface area (Å²) < 4.78 is 0.894. The fourth-order valence-corrected chi connectivity index (χ4v) is 4.63. The van der Waals surface area contributed by atoms with Crippen molar-refractivity contribution in [2.45, 2.75) is 44.7 Å². The second-order valence-electron chi connectivity index (χ2n) is 7.70. The topological polar surface area (TPSA) is 77.8 Å². The Labute approximate surface area is 177 Å². The van der Waals surface area contributed by atoms with Crippen LogP contribution < -0.4 is 0 Å². The van der Waals surface area contributed by atoms with E-state index in [1.165, 1.54) is 0 Å². The predicted octanol–water partition coefficient (Wildman–Crippen LogP) is 4.83. The van der Waals surface area contributed by atoms with Gasteiger partial charge in [-0.1, -0.05) is 47.0 Å². The molecule has 1 unspecified atom stereocenters. The maximum absolute atomic E-state index is 13.0. The van der Waals surface area contributed by atoms with Crippen LogP contribution in [0.2, 0.25) is 0 Å². The summed E-state index contributed by atoms with van der Waals surface area (Å²) in [7, 11) is 0. The third-order valence-electron chi connectivity index (χ3n) is 5.82. The quantitative estimate of drug-likeness (QED) is 0.394. The Morgan fingerprint density at radius 1 is 1.10 bits per heavy atom. The Morgan fingerprint density at radius 3 is 2.48 bits per heavy atom. The smallest absolute Gasteiger partial charge is 0.295 e. The highest BCUT2D eigenvalue weighted by Crippen LogP contribution is 2.44. The zero-order valence-electron chi connectivity index (χ0n) is 16.1. The highest BCUT2D eigenvalue weighted by Gasteiger charge is 2.49. The van der Waals surface area contributed by atoms with E-state index < -0.39 is 17.7 Å². The van der Waals surface area contributed by atoms with Gasteiger partial charge in [0.25, 0.3) is 11.7 Å². The summed E-state index contributed by atoms with van der Waals surface area (Å²) in [5.74, 6) is -1.39. The normalized spacial score (nSPS) is 21.9. The number of carbonyl (C=O) groups excluding carboxylic acids is 2. The largest absolute Gasteiger partial charge is 0.508 e. The van der Waals surface area contributed by atoms with E-state index in [4.69, 9.17) is 0 Å². The second-order valence-corrected chi connectivity index (χ2v) is 8.56. The van der Waals surface area contributed by atoms with E-state index in [1.54, 1.807) is 47.4 Å². The third kappa shape index (κ3) is 3.46. The molecule has 0 aromatic heterocycles. The van der Waals surface area contributed by atoms with Gasteiger partial charge in [0, 0.05) is 16.1 Å². The number of nitrogens with zero attached hydrogens (tertiary/aromatic N) is 1. The molecule has 4 rings (SSSR count). The molecule has 2 fully saturated rings. The lowest BCUT2D eigenvalue weighted by molar-refractivity contribution is -0.141. The van der Waals surface area contributed by atoms with Crippen LogP contribution >= 0.6 is 15.9 Å². The van der Waals surface area contributed by atoms with Crippen LogP contribution in [0.25, 0.3) is 5.76 Å². The third-order valence-corrected chi connectivity index (χ3v) is 6.71. The highest BCUT2D eigenvalue weighted by atomic mass is 79.9. The van der Waals surface area contributed by atoms with Crippen molar-refractivity contribution in [3.8, 4) is 5.75 Å². The summed E-state index contributed by atoms with van der Waals surface area (Å²) in [6, 6.07) is 11.1. The van der Waals surface area contributed by atoms with Crippen LogP contribution in [0.15, 0.2) is 52.5 Å². The first-order valence-electron chi connectivity index (χ1n) is 9.74. The Bertz CT molecular complexity index is 1020. The lowest BCUT2D eigenvalue weighted by Gasteiger charge is -2.30. The molecule has 0 spiro atoms. The first-order valence-corrected chi connectivity index (χ1v) is 10.5. The number of benzene rings is 2. The number of aliphatic hydroxyl groups excluding tert-OH is 1. The number of phenolic OH excluding ortho intramolecular Hbond substituents is 1. The number of halogens is 1. The molecule has 6 heteroatoms. The molecule has 150 valence electrons. The van der Waals surface area contributed by atoms with Crippen molar-refractivity contribution in [3.63, 3.8) is 0 Å². The van der Waals surface area contributed by atoms with Crippen LogP contribution in [0.1, 0.15) is 48.4 Å². The van der Waals surface area contributed by atoms with Gasteiger partial charge in [-0.2, -0.15) is 0 Å². The lowest BCUT2D eigenvalue weighted by Crippen LogP contribution is -2.37. The van der Waals surface area contributed by atoms with Crippen LogP contribution in [-0.2, 0) is 9.59 Å². The molecule has 0 bridgehead atoms. The van der Waals surface area contributed by atoms with Gasteiger partial charge in [0.15, 0.2) is 0 Å². The molecule has 2 aromatic carbocycles. The number of rotatable bonds is 3. The van der Waals surface area contributed by atoms with E-state index in [-0.39, 0.29) is 23.1 Å². The lowest BCUT2D eigenvalue weighted by atomic mass is 9.94. The minimum absolute atomic E-state index is 0.0456. The first kappa shape index (κ1) is 19.7. The first-order chi connectivity index (χ1) is 13.9. The molecule has 2 N–H and O–H groups in total. The van der Waals surface area contributed by atoms with Crippen molar-refractivity contribution in [1.82, 2.24) is 4.90 Å². The number of Topliss-reactive ketones (excluding diaryl/α,β-unsaturated/α-hetero) is 1. The predicted molar refractivity (Wildman–Crippen MR) is 113 cm³/mol. The van der Waals surface area contributed by atoms with Crippen molar-refractivity contribution >= 4 is 33.4 Å². The van der Waals surface area contributed by atoms with Gasteiger partial charge in [-0.3, -0.25) is 9.59 Å². The molecule has 2 aliphatic rings. The van der Waals surface area contributed by atoms with Gasteiger partial charge >= 0.3 is 0 Å². The molecule has 1 heterocycles. The molecule has 1 saturated carbocycles. The number of phenols is 1. The number of hydrogen-bond acceptors (Lipinski definition) is 4. The van der Waals surface area contributed by atoms with E-state index in [0.717, 1.165) is 35.7 Å². The summed E-state index contributed by atoms with van der Waals surface area (Å²) in [6.45, 7) is 1.89. The average molecular weight is 456 g/mol. The maximum Gasteiger partial charge on any atom is 0.295 e. The Kier molecular flexibility index (Phi) is 5.21. The molecule has 2 aromatic rings. The van der Waals surface area contributed by atoms with Gasteiger partial charge < -0.3 is 15.1 Å². The van der Waals surface area contributed by atoms with Gasteiger partial charge in [-0.05, 0) is 55.2 Å². The van der Waals surface area contributed by atoms with E-state index in [1.807, 2.05) is 6.92 Å². The summed E-state index contributed by atoms with van der Waals surface area (Å²) in [5.41, 5.74) is 2.09. The molecule has 1 aliphatic heterocycles. The van der Waals surface area contributed by atoms with Gasteiger partial charge in [-0.25, -0.2) is 0 Å². The number of likely N-dealkylation sites (tertiary alicyclic amines) is 1. The minimum Gasteiger partial charge on any atom is -0.508 e. The molecular formula is C23H22BrNO4. The van der Waals surface area contributed by atoms with Gasteiger partial charge in [-0.15, -0.1) is 0 Å². The van der Waals surface area contributed by atoms with Gasteiger partial charge in [0.05, 0.1) is 11.6 Å². The van der Waals surface area contributed by atoms with Crippen molar-refractivity contribution in [2.24, 2.45) is 0 Å². The minimum atomic E-state index is -0.714. The van der Waals surface area contributed by atoms with Crippen LogP contribution in [0, 0.1) is 6.92 Å². The summed E-state index contributed by atoms with van der Waals surface area (Å²) >= 11 is 3.44. The number of hydrogen-bond donors (Lipinski definition) is 2. The number of ketones is 1. The highest BCUT2D eigenvalue weighted by molar-refractivity contribution is 9.10. The second kappa shape index (κ2) is 7.67. The van der Waals surface area contributed by atoms with Gasteiger partial charge in [0.1, 0.15) is 11.5 Å². The van der Waals surface area contributed by atoms with E-state index in [9.17, 15) is 19.8 Å². The average Bonchev–Trinajstić information content (AvgIpc) is 3.31. The van der Waals surface area contributed by atoms with Gasteiger partial charge in [0.2, 0.25) is 0 Å². The number of aliphatic hydroxyl groups is 1. The molecule has 0 radical (unpaired) electrons. The summed E-state index contributed by atoms with van der Waals surface area (Å²) in [6.07, 6.45) is 3.68. The molecule has 29 heavy (non-hydrogen) atoms. The van der Waals surface area contributed by atoms with E-state index >= 15 is 0 Å².